The van der Waals surface area contributed by atoms with Crippen LogP contribution in [0.3, 0.4) is 0 Å². The lowest BCUT2D eigenvalue weighted by atomic mass is 9.92. The van der Waals surface area contributed by atoms with Crippen molar-refractivity contribution in [2.45, 2.75) is 20.3 Å². The van der Waals surface area contributed by atoms with E-state index in [1.165, 1.54) is 18.6 Å². The number of carbonyl (C=O) groups is 1. The van der Waals surface area contributed by atoms with Crippen LogP contribution in [-0.2, 0) is 6.42 Å². The fourth-order valence-corrected chi connectivity index (χ4v) is 3.11. The average molecular weight is 283 g/mol. The summed E-state index contributed by atoms with van der Waals surface area (Å²) in [6.45, 7) is 4.39. The molecule has 0 aromatic heterocycles. The first-order chi connectivity index (χ1) is 10.1. The van der Waals surface area contributed by atoms with Crippen LogP contribution in [0.5, 0.6) is 0 Å². The third-order valence-corrected chi connectivity index (χ3v) is 3.98. The van der Waals surface area contributed by atoms with Gasteiger partial charge in [-0.05, 0) is 43.0 Å². The van der Waals surface area contributed by atoms with Gasteiger partial charge in [0.15, 0.2) is 5.78 Å². The Morgan fingerprint density at radius 1 is 1.14 bits per heavy atom. The summed E-state index contributed by atoms with van der Waals surface area (Å²) in [6.07, 6.45) is 1.01. The number of carbonyl (C=O) groups excluding carboxylic acids is 1. The van der Waals surface area contributed by atoms with E-state index in [0.717, 1.165) is 18.7 Å². The summed E-state index contributed by atoms with van der Waals surface area (Å²) in [5, 5.41) is 0. The van der Waals surface area contributed by atoms with Gasteiger partial charge in [-0.25, -0.2) is 4.39 Å². The molecule has 0 amide bonds. The van der Waals surface area contributed by atoms with Crippen molar-refractivity contribution in [3.8, 4) is 0 Å². The molecule has 2 aromatic carbocycles. The van der Waals surface area contributed by atoms with E-state index >= 15 is 0 Å². The normalized spacial score (nSPS) is 17.5. The van der Waals surface area contributed by atoms with Crippen LogP contribution < -0.4 is 4.90 Å². The highest BCUT2D eigenvalue weighted by Gasteiger charge is 2.26. The molecular weight excluding hydrogens is 265 g/mol. The molecule has 3 rings (SSSR count). The number of ketones is 1. The SMILES string of the molecule is CC(=O)c1c(F)cccc1N1CC(C)Cc2ccccc21. The molecule has 0 saturated heterocycles. The number of anilines is 2. The second kappa shape index (κ2) is 5.32. The highest BCUT2D eigenvalue weighted by Crippen LogP contribution is 2.37. The van der Waals surface area contributed by atoms with Crippen molar-refractivity contribution in [3.05, 3.63) is 59.4 Å². The van der Waals surface area contributed by atoms with Gasteiger partial charge in [-0.2, -0.15) is 0 Å². The predicted molar refractivity (Wildman–Crippen MR) is 82.7 cm³/mol. The van der Waals surface area contributed by atoms with Crippen LogP contribution in [0.4, 0.5) is 15.8 Å². The van der Waals surface area contributed by atoms with Crippen LogP contribution in [0, 0.1) is 11.7 Å². The fraction of sp³-hybridized carbons (Fsp3) is 0.278. The summed E-state index contributed by atoms with van der Waals surface area (Å²) < 4.78 is 14.1. The molecule has 2 nitrogen and oxygen atoms in total. The number of hydrogen-bond acceptors (Lipinski definition) is 2. The van der Waals surface area contributed by atoms with Gasteiger partial charge < -0.3 is 4.90 Å². The summed E-state index contributed by atoms with van der Waals surface area (Å²) >= 11 is 0. The summed E-state index contributed by atoms with van der Waals surface area (Å²) in [5.74, 6) is -0.225. The van der Waals surface area contributed by atoms with E-state index in [-0.39, 0.29) is 11.3 Å². The predicted octanol–water partition coefficient (Wildman–Crippen LogP) is 4.36. The number of halogens is 1. The molecule has 21 heavy (non-hydrogen) atoms. The minimum absolute atomic E-state index is 0.182. The molecule has 0 saturated carbocycles. The highest BCUT2D eigenvalue weighted by molar-refractivity contribution is 6.01. The fourth-order valence-electron chi connectivity index (χ4n) is 3.11. The Hall–Kier alpha value is -2.16. The number of Topliss-reactive ketones (excluding diaryl/α,β-unsaturated/α-hetero) is 1. The lowest BCUT2D eigenvalue weighted by Crippen LogP contribution is -2.31. The average Bonchev–Trinajstić information content (AvgIpc) is 2.45. The maximum absolute atomic E-state index is 14.1. The van der Waals surface area contributed by atoms with Crippen LogP contribution in [0.1, 0.15) is 29.8 Å². The van der Waals surface area contributed by atoms with Gasteiger partial charge in [0.2, 0.25) is 0 Å². The van der Waals surface area contributed by atoms with Crippen molar-refractivity contribution in [3.63, 3.8) is 0 Å². The van der Waals surface area contributed by atoms with Crippen molar-refractivity contribution < 1.29 is 9.18 Å². The van der Waals surface area contributed by atoms with Crippen LogP contribution in [-0.4, -0.2) is 12.3 Å². The Morgan fingerprint density at radius 2 is 1.86 bits per heavy atom. The molecule has 1 aliphatic heterocycles. The maximum atomic E-state index is 14.1. The molecule has 0 aliphatic carbocycles. The summed E-state index contributed by atoms with van der Waals surface area (Å²) in [5.41, 5.74) is 3.17. The zero-order chi connectivity index (χ0) is 15.0. The van der Waals surface area contributed by atoms with Crippen molar-refractivity contribution in [2.24, 2.45) is 5.92 Å². The van der Waals surface area contributed by atoms with Crippen LogP contribution >= 0.6 is 0 Å². The number of rotatable bonds is 2. The lowest BCUT2D eigenvalue weighted by molar-refractivity contribution is 0.101. The van der Waals surface area contributed by atoms with Gasteiger partial charge in [-0.15, -0.1) is 0 Å². The van der Waals surface area contributed by atoms with E-state index in [9.17, 15) is 9.18 Å². The van der Waals surface area contributed by atoms with E-state index in [4.69, 9.17) is 0 Å². The molecule has 108 valence electrons. The van der Waals surface area contributed by atoms with Crippen LogP contribution in [0.2, 0.25) is 0 Å². The van der Waals surface area contributed by atoms with Crippen molar-refractivity contribution in [2.75, 3.05) is 11.4 Å². The highest BCUT2D eigenvalue weighted by atomic mass is 19.1. The molecule has 0 bridgehead atoms. The first-order valence-corrected chi connectivity index (χ1v) is 7.23. The minimum atomic E-state index is -0.448. The van der Waals surface area contributed by atoms with Gasteiger partial charge in [-0.3, -0.25) is 4.79 Å². The van der Waals surface area contributed by atoms with E-state index < -0.39 is 5.82 Å². The Labute approximate surface area is 124 Å². The monoisotopic (exact) mass is 283 g/mol. The minimum Gasteiger partial charge on any atom is -0.340 e. The Bertz CT molecular complexity index is 695. The van der Waals surface area contributed by atoms with Crippen molar-refractivity contribution in [1.29, 1.82) is 0 Å². The molecule has 1 unspecified atom stereocenters. The molecule has 1 heterocycles. The molecule has 0 radical (unpaired) electrons. The van der Waals surface area contributed by atoms with Gasteiger partial charge in [0, 0.05) is 12.2 Å². The molecule has 0 N–H and O–H groups in total. The zero-order valence-electron chi connectivity index (χ0n) is 12.3. The van der Waals surface area contributed by atoms with E-state index in [0.29, 0.717) is 11.6 Å². The summed E-state index contributed by atoms with van der Waals surface area (Å²) in [6, 6.07) is 13.0. The van der Waals surface area contributed by atoms with Gasteiger partial charge in [-0.1, -0.05) is 31.2 Å². The number of para-hydroxylation sites is 1. The third-order valence-electron chi connectivity index (χ3n) is 3.98. The molecular formula is C18H18FNO. The van der Waals surface area contributed by atoms with Gasteiger partial charge in [0.1, 0.15) is 5.82 Å². The first kappa shape index (κ1) is 13.8. The van der Waals surface area contributed by atoms with Gasteiger partial charge in [0.25, 0.3) is 0 Å². The van der Waals surface area contributed by atoms with Gasteiger partial charge in [0.05, 0.1) is 11.3 Å². The van der Waals surface area contributed by atoms with Crippen molar-refractivity contribution in [1.82, 2.24) is 0 Å². The number of fused-ring (bicyclic) bond motifs is 1. The largest absolute Gasteiger partial charge is 0.340 e. The summed E-state index contributed by atoms with van der Waals surface area (Å²) in [4.78, 5) is 13.9. The van der Waals surface area contributed by atoms with Crippen LogP contribution in [0.15, 0.2) is 42.5 Å². The molecule has 3 heteroatoms. The Kier molecular flexibility index (Phi) is 3.50. The summed E-state index contributed by atoms with van der Waals surface area (Å²) in [7, 11) is 0. The van der Waals surface area contributed by atoms with Gasteiger partial charge >= 0.3 is 0 Å². The third kappa shape index (κ3) is 2.44. The topological polar surface area (TPSA) is 20.3 Å². The molecule has 1 aliphatic rings. The number of benzene rings is 2. The maximum Gasteiger partial charge on any atom is 0.164 e. The van der Waals surface area contributed by atoms with E-state index in [1.54, 1.807) is 6.07 Å². The second-order valence-corrected chi connectivity index (χ2v) is 5.74. The number of nitrogens with zero attached hydrogens (tertiary/aromatic N) is 1. The van der Waals surface area contributed by atoms with E-state index in [1.807, 2.05) is 24.3 Å². The Balaban J connectivity index is 2.18. The second-order valence-electron chi connectivity index (χ2n) is 5.74. The standard InChI is InChI=1S/C18H18FNO/c1-12-10-14-6-3-4-8-16(14)20(11-12)17-9-5-7-15(19)18(17)13(2)21/h3-9,12H,10-11H2,1-2H3. The van der Waals surface area contributed by atoms with E-state index in [2.05, 4.69) is 17.9 Å². The van der Waals surface area contributed by atoms with Crippen molar-refractivity contribution >= 4 is 17.2 Å². The first-order valence-electron chi connectivity index (χ1n) is 7.23. The molecule has 0 spiro atoms. The molecule has 2 aromatic rings. The zero-order valence-corrected chi connectivity index (χ0v) is 12.3. The quantitative estimate of drug-likeness (QED) is 0.763. The smallest absolute Gasteiger partial charge is 0.164 e. The molecule has 1 atom stereocenters. The number of hydrogen-bond donors (Lipinski definition) is 0. The Morgan fingerprint density at radius 3 is 2.62 bits per heavy atom. The molecule has 0 fully saturated rings. The lowest BCUT2D eigenvalue weighted by Gasteiger charge is -2.35. The van der Waals surface area contributed by atoms with Crippen LogP contribution in [0.25, 0.3) is 0 Å².